The highest BCUT2D eigenvalue weighted by Crippen LogP contribution is 2.41. The van der Waals surface area contributed by atoms with Gasteiger partial charge in [-0.3, -0.25) is 4.79 Å². The Hall–Kier alpha value is -2.28. The summed E-state index contributed by atoms with van der Waals surface area (Å²) in [5.41, 5.74) is 2.31. The maximum Gasteiger partial charge on any atom is 0.253 e. The van der Waals surface area contributed by atoms with E-state index < -0.39 is 0 Å². The maximum atomic E-state index is 13.0. The lowest BCUT2D eigenvalue weighted by Crippen LogP contribution is -2.39. The summed E-state index contributed by atoms with van der Waals surface area (Å²) in [5.74, 6) is 0.161. The van der Waals surface area contributed by atoms with Gasteiger partial charge in [0.25, 0.3) is 5.91 Å². The van der Waals surface area contributed by atoms with Gasteiger partial charge in [-0.1, -0.05) is 12.1 Å². The standard InChI is InChI=1S/C20H28N6O/c1-24-12-8-20(9-13-24)7-2-11-25(14-10-20)19(27)18-5-3-17(4-6-18)15-26-16-21-22-23-26/h3-6,16H,2,7-15H2,1H3. The molecule has 7 nitrogen and oxygen atoms in total. The Balaban J connectivity index is 1.37. The van der Waals surface area contributed by atoms with Gasteiger partial charge in [-0.25, -0.2) is 4.68 Å². The van der Waals surface area contributed by atoms with Gasteiger partial charge in [0.1, 0.15) is 6.33 Å². The van der Waals surface area contributed by atoms with Crippen LogP contribution in [-0.2, 0) is 6.54 Å². The lowest BCUT2D eigenvalue weighted by Gasteiger charge is -2.40. The molecule has 0 N–H and O–H groups in total. The first-order chi connectivity index (χ1) is 13.1. The summed E-state index contributed by atoms with van der Waals surface area (Å²) in [4.78, 5) is 17.5. The summed E-state index contributed by atoms with van der Waals surface area (Å²) < 4.78 is 1.67. The molecule has 0 saturated carbocycles. The van der Waals surface area contributed by atoms with Crippen molar-refractivity contribution in [3.05, 3.63) is 41.7 Å². The highest BCUT2D eigenvalue weighted by Gasteiger charge is 2.36. The lowest BCUT2D eigenvalue weighted by molar-refractivity contribution is 0.0734. The van der Waals surface area contributed by atoms with E-state index in [0.717, 1.165) is 37.1 Å². The molecule has 1 amide bonds. The molecule has 0 atom stereocenters. The third-order valence-electron chi connectivity index (χ3n) is 6.32. The van der Waals surface area contributed by atoms with Crippen molar-refractivity contribution in [2.24, 2.45) is 5.41 Å². The molecule has 1 spiro atoms. The number of piperidine rings is 1. The number of amides is 1. The van der Waals surface area contributed by atoms with E-state index in [0.29, 0.717) is 12.0 Å². The Bertz CT molecular complexity index is 749. The van der Waals surface area contributed by atoms with Crippen molar-refractivity contribution in [2.75, 3.05) is 33.2 Å². The molecule has 2 aliphatic heterocycles. The molecule has 0 unspecified atom stereocenters. The van der Waals surface area contributed by atoms with E-state index >= 15 is 0 Å². The SMILES string of the molecule is CN1CCC2(CCCN(C(=O)c3ccc(Cn4cnnn4)cc3)CC2)CC1. The highest BCUT2D eigenvalue weighted by atomic mass is 16.2. The number of rotatable bonds is 3. The summed E-state index contributed by atoms with van der Waals surface area (Å²) >= 11 is 0. The number of hydrogen-bond acceptors (Lipinski definition) is 5. The molecule has 0 radical (unpaired) electrons. The van der Waals surface area contributed by atoms with E-state index in [2.05, 4.69) is 32.4 Å². The van der Waals surface area contributed by atoms with Crippen molar-refractivity contribution >= 4 is 5.91 Å². The first kappa shape index (κ1) is 18.1. The molecule has 144 valence electrons. The fourth-order valence-corrected chi connectivity index (χ4v) is 4.42. The van der Waals surface area contributed by atoms with Gasteiger partial charge >= 0.3 is 0 Å². The monoisotopic (exact) mass is 368 g/mol. The van der Waals surface area contributed by atoms with Crippen molar-refractivity contribution in [2.45, 2.75) is 38.6 Å². The lowest BCUT2D eigenvalue weighted by atomic mass is 9.73. The number of tetrazole rings is 1. The van der Waals surface area contributed by atoms with Crippen LogP contribution in [0.3, 0.4) is 0 Å². The molecule has 2 saturated heterocycles. The van der Waals surface area contributed by atoms with E-state index in [1.807, 2.05) is 24.3 Å². The molecule has 2 aliphatic rings. The van der Waals surface area contributed by atoms with Crippen LogP contribution in [0.1, 0.15) is 48.0 Å². The fraction of sp³-hybridized carbons (Fsp3) is 0.600. The van der Waals surface area contributed by atoms with E-state index in [9.17, 15) is 4.79 Å². The number of likely N-dealkylation sites (tertiary alicyclic amines) is 2. The van der Waals surface area contributed by atoms with Crippen LogP contribution in [0.4, 0.5) is 0 Å². The third-order valence-corrected chi connectivity index (χ3v) is 6.32. The van der Waals surface area contributed by atoms with Crippen LogP contribution < -0.4 is 0 Å². The number of benzene rings is 1. The predicted molar refractivity (Wildman–Crippen MR) is 102 cm³/mol. The van der Waals surface area contributed by atoms with E-state index in [4.69, 9.17) is 0 Å². The van der Waals surface area contributed by atoms with Crippen LogP contribution in [0, 0.1) is 5.41 Å². The fourth-order valence-electron chi connectivity index (χ4n) is 4.42. The molecule has 1 aromatic heterocycles. The van der Waals surface area contributed by atoms with Crippen LogP contribution in [0.5, 0.6) is 0 Å². The second-order valence-electron chi connectivity index (χ2n) is 8.15. The van der Waals surface area contributed by atoms with Crippen LogP contribution in [0.15, 0.2) is 30.6 Å². The average molecular weight is 368 g/mol. The first-order valence-electron chi connectivity index (χ1n) is 9.91. The smallest absolute Gasteiger partial charge is 0.253 e. The molecule has 0 bridgehead atoms. The summed E-state index contributed by atoms with van der Waals surface area (Å²) in [6, 6.07) is 7.84. The van der Waals surface area contributed by atoms with Crippen molar-refractivity contribution in [1.82, 2.24) is 30.0 Å². The Morgan fingerprint density at radius 1 is 1.04 bits per heavy atom. The number of hydrogen-bond donors (Lipinski definition) is 0. The zero-order valence-electron chi connectivity index (χ0n) is 16.0. The van der Waals surface area contributed by atoms with Gasteiger partial charge in [0, 0.05) is 18.7 Å². The minimum atomic E-state index is 0.161. The normalized spacial score (nSPS) is 20.6. The Morgan fingerprint density at radius 2 is 1.78 bits per heavy atom. The molecule has 4 rings (SSSR count). The van der Waals surface area contributed by atoms with Gasteiger partial charge in [0.15, 0.2) is 0 Å². The number of carbonyl (C=O) groups excluding carboxylic acids is 1. The van der Waals surface area contributed by atoms with Crippen LogP contribution in [0.25, 0.3) is 0 Å². The summed E-state index contributed by atoms with van der Waals surface area (Å²) in [6.07, 6.45) is 7.66. The zero-order valence-corrected chi connectivity index (χ0v) is 16.0. The van der Waals surface area contributed by atoms with E-state index in [1.165, 1.54) is 32.4 Å². The second-order valence-corrected chi connectivity index (χ2v) is 8.15. The van der Waals surface area contributed by atoms with Crippen LogP contribution in [-0.4, -0.2) is 69.1 Å². The summed E-state index contributed by atoms with van der Waals surface area (Å²) in [6.45, 7) is 4.76. The Kier molecular flexibility index (Phi) is 5.20. The number of carbonyl (C=O) groups is 1. The quantitative estimate of drug-likeness (QED) is 0.830. The topological polar surface area (TPSA) is 67.2 Å². The van der Waals surface area contributed by atoms with Crippen molar-refractivity contribution in [3.63, 3.8) is 0 Å². The largest absolute Gasteiger partial charge is 0.339 e. The Morgan fingerprint density at radius 3 is 2.48 bits per heavy atom. The molecular weight excluding hydrogens is 340 g/mol. The molecule has 0 aliphatic carbocycles. The zero-order chi connectivity index (χ0) is 18.7. The van der Waals surface area contributed by atoms with Gasteiger partial charge in [0.2, 0.25) is 0 Å². The minimum Gasteiger partial charge on any atom is -0.339 e. The number of nitrogens with zero attached hydrogens (tertiary/aromatic N) is 6. The second kappa shape index (κ2) is 7.76. The molecular formula is C20H28N6O. The molecule has 2 aromatic rings. The molecule has 27 heavy (non-hydrogen) atoms. The van der Waals surface area contributed by atoms with Crippen molar-refractivity contribution in [3.8, 4) is 0 Å². The number of aromatic nitrogens is 4. The molecule has 2 fully saturated rings. The van der Waals surface area contributed by atoms with Crippen molar-refractivity contribution < 1.29 is 4.79 Å². The highest BCUT2D eigenvalue weighted by molar-refractivity contribution is 5.94. The predicted octanol–water partition coefficient (Wildman–Crippen LogP) is 2.06. The average Bonchev–Trinajstić information content (AvgIpc) is 3.11. The van der Waals surface area contributed by atoms with Crippen molar-refractivity contribution in [1.29, 1.82) is 0 Å². The van der Waals surface area contributed by atoms with Gasteiger partial charge in [-0.15, -0.1) is 5.10 Å². The summed E-state index contributed by atoms with van der Waals surface area (Å²) in [5, 5.41) is 11.2. The van der Waals surface area contributed by atoms with Gasteiger partial charge in [0.05, 0.1) is 6.54 Å². The van der Waals surface area contributed by atoms with Crippen LogP contribution in [0.2, 0.25) is 0 Å². The minimum absolute atomic E-state index is 0.161. The van der Waals surface area contributed by atoms with Gasteiger partial charge in [-0.05, 0) is 85.8 Å². The molecule has 3 heterocycles. The van der Waals surface area contributed by atoms with Crippen LogP contribution >= 0.6 is 0 Å². The van der Waals surface area contributed by atoms with Gasteiger partial charge in [-0.2, -0.15) is 0 Å². The molecule has 7 heteroatoms. The third kappa shape index (κ3) is 4.18. The first-order valence-corrected chi connectivity index (χ1v) is 9.91. The van der Waals surface area contributed by atoms with E-state index in [1.54, 1.807) is 11.0 Å². The molecule has 1 aromatic carbocycles. The van der Waals surface area contributed by atoms with Gasteiger partial charge < -0.3 is 9.80 Å². The Labute approximate surface area is 160 Å². The summed E-state index contributed by atoms with van der Waals surface area (Å²) in [7, 11) is 2.21. The maximum absolute atomic E-state index is 13.0. The van der Waals surface area contributed by atoms with E-state index in [-0.39, 0.29) is 5.91 Å².